The number of ether oxygens (including phenoxy) is 1. The molecule has 0 amide bonds. The third kappa shape index (κ3) is 3.57. The molecule has 3 heteroatoms. The van der Waals surface area contributed by atoms with Crippen LogP contribution in [0.15, 0.2) is 126 Å². The van der Waals surface area contributed by atoms with Crippen LogP contribution in [0.25, 0.3) is 33.1 Å². The normalized spacial score (nSPS) is 11.1. The molecule has 0 saturated heterocycles. The molecule has 0 saturated carbocycles. The predicted molar refractivity (Wildman–Crippen MR) is 140 cm³/mol. The highest BCUT2D eigenvalue weighted by atomic mass is 16.5. The number of nitrogens with zero attached hydrogens (tertiary/aromatic N) is 1. The molecule has 5 aromatic carbocycles. The van der Waals surface area contributed by atoms with Crippen LogP contribution < -0.4 is 9.64 Å². The van der Waals surface area contributed by atoms with Gasteiger partial charge in [-0.05, 0) is 65.7 Å². The van der Waals surface area contributed by atoms with Gasteiger partial charge in [0.1, 0.15) is 16.9 Å². The van der Waals surface area contributed by atoms with Gasteiger partial charge in [0.2, 0.25) is 0 Å². The van der Waals surface area contributed by atoms with Crippen molar-refractivity contribution in [2.75, 3.05) is 12.0 Å². The van der Waals surface area contributed by atoms with E-state index in [1.165, 1.54) is 0 Å². The Hall–Kier alpha value is -4.50. The van der Waals surface area contributed by atoms with Crippen LogP contribution in [-0.4, -0.2) is 7.11 Å². The molecule has 0 atom stereocenters. The van der Waals surface area contributed by atoms with Crippen LogP contribution in [0.5, 0.6) is 5.75 Å². The third-order valence-electron chi connectivity index (χ3n) is 6.12. The summed E-state index contributed by atoms with van der Waals surface area (Å²) in [5, 5.41) is 2.23. The van der Waals surface area contributed by atoms with E-state index in [9.17, 15) is 0 Å². The Morgan fingerprint density at radius 3 is 1.88 bits per heavy atom. The molecular formula is C31H23NO2. The van der Waals surface area contributed by atoms with E-state index >= 15 is 0 Å². The van der Waals surface area contributed by atoms with Gasteiger partial charge < -0.3 is 14.1 Å². The fourth-order valence-corrected chi connectivity index (χ4v) is 4.50. The Kier molecular flexibility index (Phi) is 5.00. The number of hydrogen-bond donors (Lipinski definition) is 0. The minimum atomic E-state index is 0.807. The van der Waals surface area contributed by atoms with Crippen LogP contribution >= 0.6 is 0 Å². The number of para-hydroxylation sites is 3. The van der Waals surface area contributed by atoms with E-state index in [-0.39, 0.29) is 0 Å². The summed E-state index contributed by atoms with van der Waals surface area (Å²) in [4.78, 5) is 2.25. The average molecular weight is 442 g/mol. The van der Waals surface area contributed by atoms with Crippen molar-refractivity contribution < 1.29 is 9.15 Å². The maximum atomic E-state index is 6.03. The lowest BCUT2D eigenvalue weighted by molar-refractivity contribution is 0.415. The number of furan rings is 1. The van der Waals surface area contributed by atoms with E-state index in [0.29, 0.717) is 0 Å². The topological polar surface area (TPSA) is 25.6 Å². The van der Waals surface area contributed by atoms with Crippen molar-refractivity contribution in [3.8, 4) is 16.9 Å². The monoisotopic (exact) mass is 441 g/mol. The molecule has 0 aliphatic rings. The molecule has 0 radical (unpaired) electrons. The molecule has 0 N–H and O–H groups in total. The zero-order chi connectivity index (χ0) is 22.9. The molecular weight excluding hydrogens is 418 g/mol. The number of rotatable bonds is 5. The molecule has 0 spiro atoms. The van der Waals surface area contributed by atoms with Crippen LogP contribution in [0, 0.1) is 0 Å². The Morgan fingerprint density at radius 2 is 1.18 bits per heavy atom. The molecule has 34 heavy (non-hydrogen) atoms. The van der Waals surface area contributed by atoms with Gasteiger partial charge in [0.05, 0.1) is 12.8 Å². The lowest BCUT2D eigenvalue weighted by Gasteiger charge is -2.26. The first-order valence-corrected chi connectivity index (χ1v) is 11.3. The van der Waals surface area contributed by atoms with Gasteiger partial charge >= 0.3 is 0 Å². The van der Waals surface area contributed by atoms with E-state index in [1.54, 1.807) is 7.11 Å². The number of hydrogen-bond acceptors (Lipinski definition) is 3. The summed E-state index contributed by atoms with van der Waals surface area (Å²) < 4.78 is 11.8. The summed E-state index contributed by atoms with van der Waals surface area (Å²) in [6.45, 7) is 0. The molecule has 164 valence electrons. The maximum Gasteiger partial charge on any atom is 0.135 e. The molecule has 1 aromatic heterocycles. The van der Waals surface area contributed by atoms with E-state index < -0.39 is 0 Å². The number of methoxy groups -OCH3 is 1. The van der Waals surface area contributed by atoms with Crippen molar-refractivity contribution >= 4 is 39.0 Å². The molecule has 0 bridgehead atoms. The second-order valence-electron chi connectivity index (χ2n) is 8.24. The second-order valence-corrected chi connectivity index (χ2v) is 8.24. The summed E-state index contributed by atoms with van der Waals surface area (Å²) in [7, 11) is 1.71. The SMILES string of the molecule is COc1cc(-c2ccc3oc4ccccc4c3c2)cc(N(c2ccccc2)c2ccccc2)c1. The third-order valence-corrected chi connectivity index (χ3v) is 6.12. The number of anilines is 3. The quantitative estimate of drug-likeness (QED) is 0.267. The van der Waals surface area contributed by atoms with Crippen molar-refractivity contribution in [2.45, 2.75) is 0 Å². The molecule has 0 unspecified atom stereocenters. The number of fused-ring (bicyclic) bond motifs is 3. The molecule has 3 nitrogen and oxygen atoms in total. The highest BCUT2D eigenvalue weighted by Gasteiger charge is 2.15. The fraction of sp³-hybridized carbons (Fsp3) is 0.0323. The largest absolute Gasteiger partial charge is 0.497 e. The molecule has 0 aliphatic carbocycles. The first-order valence-electron chi connectivity index (χ1n) is 11.3. The lowest BCUT2D eigenvalue weighted by atomic mass is 10.0. The van der Waals surface area contributed by atoms with Crippen molar-refractivity contribution in [3.63, 3.8) is 0 Å². The van der Waals surface area contributed by atoms with E-state index in [4.69, 9.17) is 9.15 Å². The summed E-state index contributed by atoms with van der Waals surface area (Å²) >= 11 is 0. The Labute approximate surface area is 198 Å². The van der Waals surface area contributed by atoms with Crippen LogP contribution in [0.3, 0.4) is 0 Å². The van der Waals surface area contributed by atoms with Crippen LogP contribution in [0.1, 0.15) is 0 Å². The highest BCUT2D eigenvalue weighted by Crippen LogP contribution is 2.40. The fourth-order valence-electron chi connectivity index (χ4n) is 4.50. The molecule has 0 fully saturated rings. The van der Waals surface area contributed by atoms with Gasteiger partial charge in [-0.1, -0.05) is 60.7 Å². The van der Waals surface area contributed by atoms with Crippen molar-refractivity contribution in [1.82, 2.24) is 0 Å². The summed E-state index contributed by atoms with van der Waals surface area (Å²) in [5.41, 5.74) is 7.19. The van der Waals surface area contributed by atoms with E-state index in [1.807, 2.05) is 30.3 Å². The Morgan fingerprint density at radius 1 is 0.529 bits per heavy atom. The molecule has 6 rings (SSSR count). The van der Waals surface area contributed by atoms with Crippen molar-refractivity contribution in [1.29, 1.82) is 0 Å². The van der Waals surface area contributed by atoms with Gasteiger partial charge in [-0.25, -0.2) is 0 Å². The maximum absolute atomic E-state index is 6.03. The Balaban J connectivity index is 1.54. The first-order chi connectivity index (χ1) is 16.8. The zero-order valence-corrected chi connectivity index (χ0v) is 18.8. The average Bonchev–Trinajstić information content (AvgIpc) is 3.28. The summed E-state index contributed by atoms with van der Waals surface area (Å²) in [6.07, 6.45) is 0. The summed E-state index contributed by atoms with van der Waals surface area (Å²) in [5.74, 6) is 0.807. The summed E-state index contributed by atoms with van der Waals surface area (Å²) in [6, 6.07) is 41.7. The van der Waals surface area contributed by atoms with Gasteiger partial charge in [0, 0.05) is 28.2 Å². The molecule has 6 aromatic rings. The first kappa shape index (κ1) is 20.1. The minimum Gasteiger partial charge on any atom is -0.497 e. The predicted octanol–water partition coefficient (Wildman–Crippen LogP) is 8.73. The van der Waals surface area contributed by atoms with Gasteiger partial charge in [-0.15, -0.1) is 0 Å². The smallest absolute Gasteiger partial charge is 0.135 e. The molecule has 0 aliphatic heterocycles. The second kappa shape index (κ2) is 8.45. The van der Waals surface area contributed by atoms with Crippen LogP contribution in [0.2, 0.25) is 0 Å². The zero-order valence-electron chi connectivity index (χ0n) is 18.8. The van der Waals surface area contributed by atoms with E-state index in [2.05, 4.69) is 95.9 Å². The van der Waals surface area contributed by atoms with E-state index in [0.717, 1.165) is 55.9 Å². The van der Waals surface area contributed by atoms with Crippen LogP contribution in [-0.2, 0) is 0 Å². The van der Waals surface area contributed by atoms with Gasteiger partial charge in [0.15, 0.2) is 0 Å². The van der Waals surface area contributed by atoms with Gasteiger partial charge in [-0.3, -0.25) is 0 Å². The van der Waals surface area contributed by atoms with Crippen molar-refractivity contribution in [2.24, 2.45) is 0 Å². The van der Waals surface area contributed by atoms with Crippen molar-refractivity contribution in [3.05, 3.63) is 121 Å². The highest BCUT2D eigenvalue weighted by molar-refractivity contribution is 6.06. The standard InChI is InChI=1S/C31H23NO2/c1-33-27-19-23(22-16-17-31-29(20-22)28-14-8-9-15-30(28)34-31)18-26(21-27)32(24-10-4-2-5-11-24)25-12-6-3-7-13-25/h2-21H,1H3. The molecule has 1 heterocycles. The Bertz CT molecular complexity index is 1550. The lowest BCUT2D eigenvalue weighted by Crippen LogP contribution is -2.10. The number of benzene rings is 5. The van der Waals surface area contributed by atoms with Gasteiger partial charge in [0.25, 0.3) is 0 Å². The van der Waals surface area contributed by atoms with Crippen LogP contribution in [0.4, 0.5) is 17.1 Å². The minimum absolute atomic E-state index is 0.807. The van der Waals surface area contributed by atoms with Gasteiger partial charge in [-0.2, -0.15) is 0 Å².